The first kappa shape index (κ1) is 14.3. The maximum Gasteiger partial charge on any atom is 0.189 e. The van der Waals surface area contributed by atoms with Gasteiger partial charge in [-0.05, 0) is 29.8 Å². The zero-order chi connectivity index (χ0) is 15.7. The smallest absolute Gasteiger partial charge is 0.189 e. The fraction of sp³-hybridized carbons (Fsp3) is 0.118. The molecule has 22 heavy (non-hydrogen) atoms. The zero-order valence-corrected chi connectivity index (χ0v) is 12.0. The predicted octanol–water partition coefficient (Wildman–Crippen LogP) is 2.80. The Labute approximate surface area is 126 Å². The lowest BCUT2D eigenvalue weighted by Crippen LogP contribution is -2.08. The molecule has 0 amide bonds. The van der Waals surface area contributed by atoms with Crippen LogP contribution in [0.25, 0.3) is 22.0 Å². The number of methoxy groups -OCH3 is 1. The third-order valence-electron chi connectivity index (χ3n) is 3.59. The number of aromatic nitrogens is 1. The Morgan fingerprint density at radius 1 is 1.18 bits per heavy atom. The quantitative estimate of drug-likeness (QED) is 0.781. The number of aromatic amines is 1. The average Bonchev–Trinajstić information content (AvgIpc) is 2.54. The third-order valence-corrected chi connectivity index (χ3v) is 3.59. The van der Waals surface area contributed by atoms with Gasteiger partial charge in [-0.3, -0.25) is 4.79 Å². The molecule has 3 aromatic rings. The molecule has 4 nitrogen and oxygen atoms in total. The summed E-state index contributed by atoms with van der Waals surface area (Å²) in [6.07, 6.45) is 0. The number of benzene rings is 2. The van der Waals surface area contributed by atoms with Crippen LogP contribution in [0.5, 0.6) is 5.75 Å². The van der Waals surface area contributed by atoms with Crippen LogP contribution in [0.1, 0.15) is 5.69 Å². The number of pyridine rings is 1. The van der Waals surface area contributed by atoms with Gasteiger partial charge in [0, 0.05) is 40.8 Å². The van der Waals surface area contributed by atoms with E-state index < -0.39 is 5.82 Å². The van der Waals surface area contributed by atoms with E-state index in [-0.39, 0.29) is 12.0 Å². The van der Waals surface area contributed by atoms with Crippen molar-refractivity contribution in [2.45, 2.75) is 6.54 Å². The van der Waals surface area contributed by atoms with Crippen LogP contribution >= 0.6 is 0 Å². The average molecular weight is 298 g/mol. The maximum absolute atomic E-state index is 14.2. The van der Waals surface area contributed by atoms with Crippen molar-refractivity contribution in [2.75, 3.05) is 7.11 Å². The van der Waals surface area contributed by atoms with Crippen molar-refractivity contribution in [3.63, 3.8) is 0 Å². The van der Waals surface area contributed by atoms with E-state index in [9.17, 15) is 9.18 Å². The maximum atomic E-state index is 14.2. The first-order valence-electron chi connectivity index (χ1n) is 6.82. The van der Waals surface area contributed by atoms with Crippen molar-refractivity contribution in [3.8, 4) is 16.9 Å². The minimum Gasteiger partial charge on any atom is -0.497 e. The van der Waals surface area contributed by atoms with Gasteiger partial charge in [-0.15, -0.1) is 0 Å². The fourth-order valence-corrected chi connectivity index (χ4v) is 2.44. The van der Waals surface area contributed by atoms with Gasteiger partial charge in [-0.2, -0.15) is 0 Å². The first-order chi connectivity index (χ1) is 10.6. The SMILES string of the molecule is COc1ccc(-c2ccc3[nH]c(CN)cc(=O)c3c2)c(F)c1. The summed E-state index contributed by atoms with van der Waals surface area (Å²) in [6, 6.07) is 11.3. The van der Waals surface area contributed by atoms with Crippen LogP contribution in [-0.2, 0) is 6.54 Å². The molecule has 3 N–H and O–H groups in total. The third kappa shape index (κ3) is 2.46. The molecule has 0 saturated heterocycles. The second-order valence-corrected chi connectivity index (χ2v) is 4.97. The number of hydrogen-bond acceptors (Lipinski definition) is 3. The molecule has 0 aliphatic carbocycles. The number of nitrogens with one attached hydrogen (secondary N) is 1. The molecule has 1 heterocycles. The standard InChI is InChI=1S/C17H15FN2O2/c1-22-12-3-4-13(15(18)8-12)10-2-5-16-14(6-10)17(21)7-11(9-19)20-16/h2-8H,9,19H2,1H3,(H,20,21). The number of ether oxygens (including phenoxy) is 1. The summed E-state index contributed by atoms with van der Waals surface area (Å²) in [6.45, 7) is 0.264. The molecular weight excluding hydrogens is 283 g/mol. The topological polar surface area (TPSA) is 68.1 Å². The first-order valence-corrected chi connectivity index (χ1v) is 6.82. The van der Waals surface area contributed by atoms with Gasteiger partial charge in [-0.1, -0.05) is 6.07 Å². The Bertz CT molecular complexity index is 903. The molecule has 0 bridgehead atoms. The monoisotopic (exact) mass is 298 g/mol. The van der Waals surface area contributed by atoms with E-state index >= 15 is 0 Å². The summed E-state index contributed by atoms with van der Waals surface area (Å²) < 4.78 is 19.2. The van der Waals surface area contributed by atoms with Gasteiger partial charge in [0.05, 0.1) is 7.11 Å². The van der Waals surface area contributed by atoms with E-state index in [2.05, 4.69) is 4.98 Å². The molecule has 0 fully saturated rings. The second kappa shape index (κ2) is 5.61. The molecule has 3 rings (SSSR count). The minimum atomic E-state index is -0.395. The van der Waals surface area contributed by atoms with Crippen LogP contribution in [-0.4, -0.2) is 12.1 Å². The van der Waals surface area contributed by atoms with Crippen LogP contribution in [0.15, 0.2) is 47.3 Å². The molecule has 0 aliphatic rings. The van der Waals surface area contributed by atoms with E-state index in [4.69, 9.17) is 10.5 Å². The van der Waals surface area contributed by atoms with Crippen molar-refractivity contribution in [1.82, 2.24) is 4.98 Å². The molecule has 5 heteroatoms. The molecule has 0 unspecified atom stereocenters. The molecule has 0 spiro atoms. The molecule has 112 valence electrons. The second-order valence-electron chi connectivity index (χ2n) is 4.97. The lowest BCUT2D eigenvalue weighted by Gasteiger charge is -2.08. The summed E-state index contributed by atoms with van der Waals surface area (Å²) in [4.78, 5) is 15.2. The number of hydrogen-bond donors (Lipinski definition) is 2. The van der Waals surface area contributed by atoms with E-state index in [1.54, 1.807) is 30.3 Å². The van der Waals surface area contributed by atoms with Gasteiger partial charge < -0.3 is 15.5 Å². The van der Waals surface area contributed by atoms with Crippen LogP contribution in [0.3, 0.4) is 0 Å². The van der Waals surface area contributed by atoms with Gasteiger partial charge in [-0.25, -0.2) is 4.39 Å². The largest absolute Gasteiger partial charge is 0.497 e. The van der Waals surface area contributed by atoms with Crippen LogP contribution < -0.4 is 15.9 Å². The van der Waals surface area contributed by atoms with E-state index in [0.29, 0.717) is 33.5 Å². The van der Waals surface area contributed by atoms with E-state index in [1.165, 1.54) is 19.2 Å². The van der Waals surface area contributed by atoms with Crippen molar-refractivity contribution >= 4 is 10.9 Å². The predicted molar refractivity (Wildman–Crippen MR) is 84.4 cm³/mol. The molecule has 0 atom stereocenters. The highest BCUT2D eigenvalue weighted by molar-refractivity contribution is 5.84. The highest BCUT2D eigenvalue weighted by Gasteiger charge is 2.09. The molecular formula is C17H15FN2O2. The highest BCUT2D eigenvalue weighted by atomic mass is 19.1. The summed E-state index contributed by atoms with van der Waals surface area (Å²) in [7, 11) is 1.49. The highest BCUT2D eigenvalue weighted by Crippen LogP contribution is 2.27. The Kier molecular flexibility index (Phi) is 3.65. The number of halogens is 1. The Morgan fingerprint density at radius 3 is 2.68 bits per heavy atom. The van der Waals surface area contributed by atoms with Gasteiger partial charge in [0.1, 0.15) is 11.6 Å². The van der Waals surface area contributed by atoms with Crippen molar-refractivity contribution in [3.05, 3.63) is 64.2 Å². The van der Waals surface area contributed by atoms with Gasteiger partial charge in [0.15, 0.2) is 5.43 Å². The lowest BCUT2D eigenvalue weighted by molar-refractivity contribution is 0.411. The fourth-order valence-electron chi connectivity index (χ4n) is 2.44. The van der Waals surface area contributed by atoms with Crippen molar-refractivity contribution < 1.29 is 9.13 Å². The van der Waals surface area contributed by atoms with Crippen molar-refractivity contribution in [1.29, 1.82) is 0 Å². The molecule has 0 saturated carbocycles. The Hall–Kier alpha value is -2.66. The van der Waals surface area contributed by atoms with Gasteiger partial charge in [0.25, 0.3) is 0 Å². The molecule has 0 radical (unpaired) electrons. The van der Waals surface area contributed by atoms with E-state index in [1.807, 2.05) is 0 Å². The van der Waals surface area contributed by atoms with Crippen LogP contribution in [0.4, 0.5) is 4.39 Å². The molecule has 1 aromatic heterocycles. The summed E-state index contributed by atoms with van der Waals surface area (Å²) >= 11 is 0. The van der Waals surface area contributed by atoms with Crippen molar-refractivity contribution in [2.24, 2.45) is 5.73 Å². The van der Waals surface area contributed by atoms with E-state index in [0.717, 1.165) is 0 Å². The minimum absolute atomic E-state index is 0.134. The van der Waals surface area contributed by atoms with Gasteiger partial charge >= 0.3 is 0 Å². The number of H-pyrrole nitrogens is 1. The van der Waals surface area contributed by atoms with Crippen LogP contribution in [0, 0.1) is 5.82 Å². The number of rotatable bonds is 3. The molecule has 0 aliphatic heterocycles. The normalized spacial score (nSPS) is 10.9. The lowest BCUT2D eigenvalue weighted by atomic mass is 10.0. The zero-order valence-electron chi connectivity index (χ0n) is 12.0. The van der Waals surface area contributed by atoms with Gasteiger partial charge in [0.2, 0.25) is 0 Å². The molecule has 2 aromatic carbocycles. The van der Waals surface area contributed by atoms with Crippen LogP contribution in [0.2, 0.25) is 0 Å². The Morgan fingerprint density at radius 2 is 2.00 bits per heavy atom. The summed E-state index contributed by atoms with van der Waals surface area (Å²) in [5.41, 5.74) is 7.82. The summed E-state index contributed by atoms with van der Waals surface area (Å²) in [5, 5.41) is 0.505. The number of nitrogens with two attached hydrogens (primary N) is 1. The number of fused-ring (bicyclic) bond motifs is 1. The Balaban J connectivity index is 2.17. The summed E-state index contributed by atoms with van der Waals surface area (Å²) in [5.74, 6) is 0.0566.